The molecule has 1 aliphatic rings. The zero-order valence-electron chi connectivity index (χ0n) is 14.2. The van der Waals surface area contributed by atoms with Crippen molar-refractivity contribution in [2.24, 2.45) is 7.05 Å². The van der Waals surface area contributed by atoms with E-state index in [0.717, 1.165) is 5.95 Å². The molecule has 0 radical (unpaired) electrons. The van der Waals surface area contributed by atoms with Crippen molar-refractivity contribution in [1.29, 1.82) is 0 Å². The molecule has 0 bridgehead atoms. The third-order valence-electron chi connectivity index (χ3n) is 3.98. The van der Waals surface area contributed by atoms with Gasteiger partial charge in [0.2, 0.25) is 11.8 Å². The fourth-order valence-corrected chi connectivity index (χ4v) is 2.64. The summed E-state index contributed by atoms with van der Waals surface area (Å²) in [5.74, 6) is 0.133. The fraction of sp³-hybridized carbons (Fsp3) is 0.571. The molecule has 1 aliphatic heterocycles. The van der Waals surface area contributed by atoms with Gasteiger partial charge in [0.15, 0.2) is 0 Å². The standard InChI is InChI=1S/C14H19F3N8/c1-22(2)10-8-11(20-12(19-10)14(15,16)17)24-4-6-25(7-5-24)13-21-18-9-23(13)3/h8-9H,4-7H2,1-3H3. The van der Waals surface area contributed by atoms with Crippen LogP contribution in [0.25, 0.3) is 0 Å². The highest BCUT2D eigenvalue weighted by atomic mass is 19.4. The van der Waals surface area contributed by atoms with Gasteiger partial charge in [0.1, 0.15) is 18.0 Å². The molecular weight excluding hydrogens is 337 g/mol. The maximum absolute atomic E-state index is 13.1. The van der Waals surface area contributed by atoms with Gasteiger partial charge in [-0.25, -0.2) is 9.97 Å². The van der Waals surface area contributed by atoms with Gasteiger partial charge in [-0.3, -0.25) is 0 Å². The minimum atomic E-state index is -4.58. The summed E-state index contributed by atoms with van der Waals surface area (Å²) < 4.78 is 41.1. The van der Waals surface area contributed by atoms with E-state index in [4.69, 9.17) is 0 Å². The molecule has 1 saturated heterocycles. The molecule has 11 heteroatoms. The van der Waals surface area contributed by atoms with Crippen LogP contribution in [0.3, 0.4) is 0 Å². The number of aromatic nitrogens is 5. The summed E-state index contributed by atoms with van der Waals surface area (Å²) in [6, 6.07) is 1.58. The third kappa shape index (κ3) is 3.59. The number of piperazine rings is 1. The molecule has 2 aromatic rings. The van der Waals surface area contributed by atoms with Crippen LogP contribution in [0.15, 0.2) is 12.4 Å². The van der Waals surface area contributed by atoms with Crippen LogP contribution in [0.1, 0.15) is 5.82 Å². The summed E-state index contributed by atoms with van der Waals surface area (Å²) in [6.45, 7) is 2.31. The first-order valence-corrected chi connectivity index (χ1v) is 7.73. The van der Waals surface area contributed by atoms with Crippen LogP contribution >= 0.6 is 0 Å². The topological polar surface area (TPSA) is 66.2 Å². The largest absolute Gasteiger partial charge is 0.451 e. The first kappa shape index (κ1) is 17.2. The number of anilines is 3. The number of hydrogen-bond donors (Lipinski definition) is 0. The van der Waals surface area contributed by atoms with Gasteiger partial charge < -0.3 is 19.3 Å². The lowest BCUT2D eigenvalue weighted by atomic mass is 10.3. The van der Waals surface area contributed by atoms with Crippen molar-refractivity contribution in [2.45, 2.75) is 6.18 Å². The summed E-state index contributed by atoms with van der Waals surface area (Å²) in [7, 11) is 5.15. The van der Waals surface area contributed by atoms with Crippen molar-refractivity contribution in [2.75, 3.05) is 55.0 Å². The maximum Gasteiger partial charge on any atom is 0.451 e. The van der Waals surface area contributed by atoms with E-state index < -0.39 is 12.0 Å². The molecule has 2 aromatic heterocycles. The van der Waals surface area contributed by atoms with E-state index >= 15 is 0 Å². The summed E-state index contributed by atoms with van der Waals surface area (Å²) in [5, 5.41) is 7.91. The lowest BCUT2D eigenvalue weighted by molar-refractivity contribution is -0.144. The molecule has 0 saturated carbocycles. The molecule has 0 unspecified atom stereocenters. The lowest BCUT2D eigenvalue weighted by Gasteiger charge is -2.35. The lowest BCUT2D eigenvalue weighted by Crippen LogP contribution is -2.47. The van der Waals surface area contributed by atoms with Crippen molar-refractivity contribution in [3.8, 4) is 0 Å². The van der Waals surface area contributed by atoms with Crippen LogP contribution in [0.2, 0.25) is 0 Å². The first-order chi connectivity index (χ1) is 11.8. The molecule has 0 atom stereocenters. The molecule has 0 spiro atoms. The summed E-state index contributed by atoms with van der Waals surface area (Å²) in [4.78, 5) is 12.7. The van der Waals surface area contributed by atoms with Gasteiger partial charge in [0.05, 0.1) is 0 Å². The Kier molecular flexibility index (Phi) is 4.39. The number of rotatable bonds is 3. The summed E-state index contributed by atoms with van der Waals surface area (Å²) in [5.41, 5.74) is 0. The Labute approximate surface area is 142 Å². The van der Waals surface area contributed by atoms with E-state index in [2.05, 4.69) is 20.2 Å². The maximum atomic E-state index is 13.1. The van der Waals surface area contributed by atoms with Crippen LogP contribution in [0, 0.1) is 0 Å². The molecule has 1 fully saturated rings. The minimum Gasteiger partial charge on any atom is -0.363 e. The van der Waals surface area contributed by atoms with Gasteiger partial charge >= 0.3 is 6.18 Å². The highest BCUT2D eigenvalue weighted by molar-refractivity contribution is 5.51. The van der Waals surface area contributed by atoms with E-state index in [1.807, 2.05) is 21.4 Å². The summed E-state index contributed by atoms with van der Waals surface area (Å²) >= 11 is 0. The third-order valence-corrected chi connectivity index (χ3v) is 3.98. The second kappa shape index (κ2) is 6.37. The number of halogens is 3. The van der Waals surface area contributed by atoms with Crippen molar-refractivity contribution >= 4 is 17.6 Å². The van der Waals surface area contributed by atoms with Gasteiger partial charge in [0.25, 0.3) is 0 Å². The SMILES string of the molecule is CN(C)c1cc(N2CCN(c3nncn3C)CC2)nc(C(F)(F)F)n1. The van der Waals surface area contributed by atoms with Crippen LogP contribution in [-0.2, 0) is 13.2 Å². The quantitative estimate of drug-likeness (QED) is 0.813. The van der Waals surface area contributed by atoms with Crippen molar-refractivity contribution < 1.29 is 13.2 Å². The molecule has 0 aromatic carbocycles. The van der Waals surface area contributed by atoms with E-state index in [1.165, 1.54) is 4.90 Å². The Balaban J connectivity index is 1.81. The van der Waals surface area contributed by atoms with E-state index in [9.17, 15) is 13.2 Å². The highest BCUT2D eigenvalue weighted by Crippen LogP contribution is 2.30. The Hall–Kier alpha value is -2.59. The zero-order chi connectivity index (χ0) is 18.2. The Morgan fingerprint density at radius 2 is 1.68 bits per heavy atom. The Morgan fingerprint density at radius 3 is 2.20 bits per heavy atom. The molecule has 0 N–H and O–H groups in total. The zero-order valence-corrected chi connectivity index (χ0v) is 14.2. The average molecular weight is 356 g/mol. The van der Waals surface area contributed by atoms with Crippen LogP contribution in [0.4, 0.5) is 30.8 Å². The summed E-state index contributed by atoms with van der Waals surface area (Å²) in [6.07, 6.45) is -2.97. The number of nitrogens with zero attached hydrogens (tertiary/aromatic N) is 8. The van der Waals surface area contributed by atoms with E-state index in [0.29, 0.717) is 26.2 Å². The fourth-order valence-electron chi connectivity index (χ4n) is 2.64. The van der Waals surface area contributed by atoms with Crippen molar-refractivity contribution in [3.05, 3.63) is 18.2 Å². The van der Waals surface area contributed by atoms with Gasteiger partial charge in [-0.2, -0.15) is 13.2 Å². The average Bonchev–Trinajstić information content (AvgIpc) is 3.00. The second-order valence-electron chi connectivity index (χ2n) is 6.02. The van der Waals surface area contributed by atoms with Gasteiger partial charge in [-0.15, -0.1) is 10.2 Å². The van der Waals surface area contributed by atoms with Gasteiger partial charge in [-0.1, -0.05) is 0 Å². The highest BCUT2D eigenvalue weighted by Gasteiger charge is 2.36. The smallest absolute Gasteiger partial charge is 0.363 e. The van der Waals surface area contributed by atoms with E-state index in [-0.39, 0.29) is 11.6 Å². The molecule has 3 rings (SSSR count). The molecule has 136 valence electrons. The van der Waals surface area contributed by atoms with Crippen molar-refractivity contribution in [1.82, 2.24) is 24.7 Å². The first-order valence-electron chi connectivity index (χ1n) is 7.73. The van der Waals surface area contributed by atoms with Gasteiger partial charge in [-0.05, 0) is 0 Å². The molecule has 8 nitrogen and oxygen atoms in total. The minimum absolute atomic E-state index is 0.230. The van der Waals surface area contributed by atoms with Crippen LogP contribution in [-0.4, -0.2) is 65.0 Å². The van der Waals surface area contributed by atoms with Crippen molar-refractivity contribution in [3.63, 3.8) is 0 Å². The molecule has 0 amide bonds. The van der Waals surface area contributed by atoms with Gasteiger partial charge in [0, 0.05) is 53.4 Å². The predicted molar refractivity (Wildman–Crippen MR) is 86.8 cm³/mol. The Morgan fingerprint density at radius 1 is 1.04 bits per heavy atom. The molecule has 0 aliphatic carbocycles. The number of aryl methyl sites for hydroxylation is 1. The van der Waals surface area contributed by atoms with E-state index in [1.54, 1.807) is 26.5 Å². The Bertz CT molecular complexity index is 734. The molecular formula is C14H19F3N8. The number of hydrogen-bond acceptors (Lipinski definition) is 7. The van der Waals surface area contributed by atoms with Crippen LogP contribution in [0.5, 0.6) is 0 Å². The van der Waals surface area contributed by atoms with Crippen LogP contribution < -0.4 is 14.7 Å². The predicted octanol–water partition coefficient (Wildman–Crippen LogP) is 1.02. The normalized spacial score (nSPS) is 15.6. The molecule has 25 heavy (non-hydrogen) atoms. The molecule has 3 heterocycles. The monoisotopic (exact) mass is 356 g/mol. The number of alkyl halides is 3. The second-order valence-corrected chi connectivity index (χ2v) is 6.02.